The SMILES string of the molecule is C=C1CC2C=Nc3cc(OCCCCCOc4cc5c(cc4OC)C(=O)N4CC(=C)CC4C(O)N5C(=O)OCC(C)S)c(OC)cc3C(=O)N2C1. The fraction of sp³-hybridized carbons (Fsp3) is 0.459. The number of aliphatic hydroxyl groups excluding tert-OH is 1. The van der Waals surface area contributed by atoms with Gasteiger partial charge in [0.25, 0.3) is 11.8 Å². The number of fused-ring (bicyclic) bond motifs is 4. The number of amides is 3. The van der Waals surface area contributed by atoms with Gasteiger partial charge in [-0.25, -0.2) is 9.69 Å². The van der Waals surface area contributed by atoms with Crippen molar-refractivity contribution in [1.29, 1.82) is 0 Å². The first-order chi connectivity index (χ1) is 24.5. The molecule has 0 spiro atoms. The Kier molecular flexibility index (Phi) is 10.8. The number of ether oxygens (including phenoxy) is 5. The standard InChI is InChI=1S/C37H44N4O9S/c1-21-11-24-17-38-27-15-32(30(46-4)13-25(27)34(42)39(24)18-21)48-9-7-6-8-10-49-33-16-28-26(14-31(33)47-5)35(43)40-19-22(2)12-29(40)36(44)41(28)37(45)50-20-23(3)51/h13-17,23-24,29,36,44,51H,1-2,6-12,18-20H2,3-5H3. The molecule has 0 saturated carbocycles. The van der Waals surface area contributed by atoms with Gasteiger partial charge in [0.2, 0.25) is 0 Å². The molecule has 4 atom stereocenters. The summed E-state index contributed by atoms with van der Waals surface area (Å²) in [7, 11) is 3.01. The summed E-state index contributed by atoms with van der Waals surface area (Å²) in [5.74, 6) is 1.13. The Bertz CT molecular complexity index is 1760. The lowest BCUT2D eigenvalue weighted by Gasteiger charge is -2.31. The molecule has 1 N–H and O–H groups in total. The second kappa shape index (κ2) is 15.3. The van der Waals surface area contributed by atoms with Crippen molar-refractivity contribution < 1.29 is 43.2 Å². The predicted octanol–water partition coefficient (Wildman–Crippen LogP) is 5.18. The van der Waals surface area contributed by atoms with Crippen LogP contribution in [0.3, 0.4) is 0 Å². The molecule has 4 aliphatic rings. The second-order valence-corrected chi connectivity index (χ2v) is 14.1. The molecule has 13 nitrogen and oxygen atoms in total. The Labute approximate surface area is 302 Å². The average Bonchev–Trinajstić information content (AvgIpc) is 3.65. The molecule has 2 aromatic rings. The molecule has 14 heteroatoms. The van der Waals surface area contributed by atoms with Gasteiger partial charge in [-0.2, -0.15) is 12.6 Å². The van der Waals surface area contributed by atoms with Crippen LogP contribution in [0.4, 0.5) is 16.2 Å². The zero-order valence-corrected chi connectivity index (χ0v) is 30.0. The number of rotatable bonds is 12. The topological polar surface area (TPSA) is 140 Å². The fourth-order valence-corrected chi connectivity index (χ4v) is 6.87. The highest BCUT2D eigenvalue weighted by Crippen LogP contribution is 2.42. The van der Waals surface area contributed by atoms with Gasteiger partial charge >= 0.3 is 6.09 Å². The highest BCUT2D eigenvalue weighted by Gasteiger charge is 2.46. The summed E-state index contributed by atoms with van der Waals surface area (Å²) < 4.78 is 28.8. The highest BCUT2D eigenvalue weighted by molar-refractivity contribution is 7.80. The smallest absolute Gasteiger partial charge is 0.416 e. The van der Waals surface area contributed by atoms with E-state index in [9.17, 15) is 19.5 Å². The summed E-state index contributed by atoms with van der Waals surface area (Å²) in [5.41, 5.74) is 3.14. The van der Waals surface area contributed by atoms with Crippen LogP contribution < -0.4 is 23.8 Å². The molecule has 2 aromatic carbocycles. The second-order valence-electron chi connectivity index (χ2n) is 13.2. The maximum atomic E-state index is 13.7. The molecule has 3 amide bonds. The van der Waals surface area contributed by atoms with Crippen molar-refractivity contribution in [2.75, 3.05) is 52.0 Å². The van der Waals surface area contributed by atoms with E-state index in [1.165, 1.54) is 25.2 Å². The number of nitrogens with zero attached hydrogens (tertiary/aromatic N) is 4. The monoisotopic (exact) mass is 720 g/mol. The van der Waals surface area contributed by atoms with Crippen molar-refractivity contribution in [3.63, 3.8) is 0 Å². The van der Waals surface area contributed by atoms with E-state index >= 15 is 0 Å². The summed E-state index contributed by atoms with van der Waals surface area (Å²) in [6, 6.07) is 5.72. The molecule has 4 aliphatic heterocycles. The van der Waals surface area contributed by atoms with Gasteiger partial charge in [0.1, 0.15) is 6.61 Å². The van der Waals surface area contributed by atoms with Crippen LogP contribution in [-0.2, 0) is 4.74 Å². The lowest BCUT2D eigenvalue weighted by Crippen LogP contribution is -2.51. The number of hydrogen-bond acceptors (Lipinski definition) is 11. The van der Waals surface area contributed by atoms with E-state index in [0.717, 1.165) is 22.5 Å². The first-order valence-corrected chi connectivity index (χ1v) is 17.5. The van der Waals surface area contributed by atoms with Crippen LogP contribution in [0.1, 0.15) is 59.7 Å². The zero-order chi connectivity index (χ0) is 36.4. The zero-order valence-electron chi connectivity index (χ0n) is 29.1. The van der Waals surface area contributed by atoms with E-state index in [1.54, 1.807) is 36.2 Å². The number of methoxy groups -OCH3 is 2. The number of hydrogen-bond donors (Lipinski definition) is 2. The number of aliphatic imine (C=N–C) groups is 1. The molecule has 2 saturated heterocycles. The lowest BCUT2D eigenvalue weighted by molar-refractivity contribution is 0.0491. The number of unbranched alkanes of at least 4 members (excludes halogenated alkanes) is 2. The van der Waals surface area contributed by atoms with Crippen LogP contribution in [0.15, 0.2) is 53.6 Å². The van der Waals surface area contributed by atoms with Crippen molar-refractivity contribution in [1.82, 2.24) is 9.80 Å². The number of carbonyl (C=O) groups is 3. The molecule has 4 heterocycles. The Morgan fingerprint density at radius 1 is 0.902 bits per heavy atom. The third-order valence-electron chi connectivity index (χ3n) is 9.33. The van der Waals surface area contributed by atoms with E-state index in [0.29, 0.717) is 79.7 Å². The number of aliphatic hydroxyl groups is 1. The van der Waals surface area contributed by atoms with Gasteiger partial charge in [-0.1, -0.05) is 31.2 Å². The van der Waals surface area contributed by atoms with Crippen molar-refractivity contribution >= 4 is 48.1 Å². The number of anilines is 1. The first-order valence-electron chi connectivity index (χ1n) is 17.0. The van der Waals surface area contributed by atoms with Crippen LogP contribution in [-0.4, -0.2) is 110 Å². The fourth-order valence-electron chi connectivity index (χ4n) is 6.80. The third-order valence-corrected chi connectivity index (χ3v) is 9.48. The van der Waals surface area contributed by atoms with Gasteiger partial charge in [-0.05, 0) is 44.2 Å². The molecule has 2 fully saturated rings. The van der Waals surface area contributed by atoms with Crippen LogP contribution in [0, 0.1) is 0 Å². The molecule has 0 aromatic heterocycles. The number of carbonyl (C=O) groups excluding carboxylic acids is 3. The number of thiol groups is 1. The summed E-state index contributed by atoms with van der Waals surface area (Å²) in [6.07, 6.45) is 2.80. The molecule has 0 aliphatic carbocycles. The van der Waals surface area contributed by atoms with E-state index < -0.39 is 18.4 Å². The summed E-state index contributed by atoms with van der Waals surface area (Å²) >= 11 is 4.30. The van der Waals surface area contributed by atoms with E-state index in [-0.39, 0.29) is 47.5 Å². The van der Waals surface area contributed by atoms with Crippen LogP contribution in [0.25, 0.3) is 0 Å². The molecule has 0 radical (unpaired) electrons. The average molecular weight is 721 g/mol. The van der Waals surface area contributed by atoms with Crippen LogP contribution in [0.5, 0.6) is 23.0 Å². The van der Waals surface area contributed by atoms with Gasteiger partial charge in [-0.15, -0.1) is 0 Å². The Morgan fingerprint density at radius 2 is 1.51 bits per heavy atom. The minimum atomic E-state index is -1.37. The predicted molar refractivity (Wildman–Crippen MR) is 194 cm³/mol. The number of benzene rings is 2. The van der Waals surface area contributed by atoms with E-state index in [1.807, 2.05) is 0 Å². The van der Waals surface area contributed by atoms with E-state index in [4.69, 9.17) is 23.7 Å². The molecule has 51 heavy (non-hydrogen) atoms. The summed E-state index contributed by atoms with van der Waals surface area (Å²) in [5, 5.41) is 11.2. The Balaban J connectivity index is 1.09. The maximum Gasteiger partial charge on any atom is 0.416 e. The molecular weight excluding hydrogens is 676 g/mol. The van der Waals surface area contributed by atoms with Gasteiger partial charge in [0, 0.05) is 36.7 Å². The van der Waals surface area contributed by atoms with Gasteiger partial charge in [0.05, 0.1) is 62.0 Å². The molecule has 6 rings (SSSR count). The van der Waals surface area contributed by atoms with Crippen molar-refractivity contribution in [3.8, 4) is 23.0 Å². The van der Waals surface area contributed by atoms with Crippen molar-refractivity contribution in [2.24, 2.45) is 4.99 Å². The summed E-state index contributed by atoms with van der Waals surface area (Å²) in [6.45, 7) is 11.3. The van der Waals surface area contributed by atoms with Gasteiger partial charge < -0.3 is 38.6 Å². The van der Waals surface area contributed by atoms with Gasteiger partial charge in [-0.3, -0.25) is 14.6 Å². The molecule has 0 bridgehead atoms. The lowest BCUT2D eigenvalue weighted by atomic mass is 10.1. The Hall–Kier alpha value is -4.69. The van der Waals surface area contributed by atoms with Crippen molar-refractivity contribution in [3.05, 3.63) is 59.7 Å². The molecule has 272 valence electrons. The Morgan fingerprint density at radius 3 is 2.18 bits per heavy atom. The highest BCUT2D eigenvalue weighted by atomic mass is 32.1. The summed E-state index contributed by atoms with van der Waals surface area (Å²) in [4.78, 5) is 49.3. The maximum absolute atomic E-state index is 13.7. The normalized spacial score (nSPS) is 21.4. The minimum absolute atomic E-state index is 0.0155. The quantitative estimate of drug-likeness (QED) is 0.173. The van der Waals surface area contributed by atoms with Crippen LogP contribution >= 0.6 is 12.6 Å². The molecule has 4 unspecified atom stereocenters. The van der Waals surface area contributed by atoms with Crippen molar-refractivity contribution in [2.45, 2.75) is 62.6 Å². The first kappa shape index (κ1) is 36.1. The minimum Gasteiger partial charge on any atom is -0.493 e. The largest absolute Gasteiger partial charge is 0.493 e. The van der Waals surface area contributed by atoms with Crippen LogP contribution in [0.2, 0.25) is 0 Å². The molecular formula is C37H44N4O9S. The van der Waals surface area contributed by atoms with E-state index in [2.05, 4.69) is 30.8 Å². The third kappa shape index (κ3) is 7.38. The van der Waals surface area contributed by atoms with Gasteiger partial charge in [0.15, 0.2) is 29.2 Å².